The molecule has 1 aliphatic heterocycles. The van der Waals surface area contributed by atoms with Crippen molar-refractivity contribution in [3.05, 3.63) is 83.8 Å². The SMILES string of the molecule is CC(C)C(C(=O)Nc1cccc(S(=O)(=O)NCc2ccco2)c1)N1C(=O)c2ccccc2C1=O. The van der Waals surface area contributed by atoms with E-state index in [4.69, 9.17) is 4.42 Å². The average molecular weight is 482 g/mol. The van der Waals surface area contributed by atoms with Gasteiger partial charge in [0.05, 0.1) is 28.8 Å². The molecule has 3 amide bonds. The first-order valence-electron chi connectivity index (χ1n) is 10.6. The lowest BCUT2D eigenvalue weighted by atomic mass is 10.0. The van der Waals surface area contributed by atoms with Gasteiger partial charge >= 0.3 is 0 Å². The number of furan rings is 1. The van der Waals surface area contributed by atoms with E-state index in [2.05, 4.69) is 10.0 Å². The third-order valence-corrected chi connectivity index (χ3v) is 6.83. The number of imide groups is 1. The van der Waals surface area contributed by atoms with E-state index >= 15 is 0 Å². The summed E-state index contributed by atoms with van der Waals surface area (Å²) in [6.07, 6.45) is 1.44. The number of anilines is 1. The molecule has 2 heterocycles. The van der Waals surface area contributed by atoms with Crippen molar-refractivity contribution in [1.82, 2.24) is 9.62 Å². The normalized spacial score (nSPS) is 14.4. The Balaban J connectivity index is 1.53. The minimum absolute atomic E-state index is 0.0267. The van der Waals surface area contributed by atoms with Crippen LogP contribution in [0.25, 0.3) is 0 Å². The predicted molar refractivity (Wildman–Crippen MR) is 123 cm³/mol. The van der Waals surface area contributed by atoms with Gasteiger partial charge in [0.2, 0.25) is 15.9 Å². The van der Waals surface area contributed by atoms with Crippen LogP contribution in [0.1, 0.15) is 40.3 Å². The van der Waals surface area contributed by atoms with Gasteiger partial charge in [-0.15, -0.1) is 0 Å². The van der Waals surface area contributed by atoms with Crippen molar-refractivity contribution < 1.29 is 27.2 Å². The second-order valence-electron chi connectivity index (χ2n) is 8.14. The van der Waals surface area contributed by atoms with E-state index in [1.165, 1.54) is 30.5 Å². The number of rotatable bonds is 8. The minimum Gasteiger partial charge on any atom is -0.468 e. The van der Waals surface area contributed by atoms with Crippen LogP contribution in [0.15, 0.2) is 76.2 Å². The van der Waals surface area contributed by atoms with E-state index in [-0.39, 0.29) is 34.2 Å². The van der Waals surface area contributed by atoms with Crippen LogP contribution in [0.3, 0.4) is 0 Å². The summed E-state index contributed by atoms with van der Waals surface area (Å²) in [4.78, 5) is 39.9. The molecule has 0 saturated carbocycles. The van der Waals surface area contributed by atoms with Crippen LogP contribution in [-0.4, -0.2) is 37.1 Å². The average Bonchev–Trinajstić information content (AvgIpc) is 3.41. The molecule has 1 atom stereocenters. The molecule has 2 N–H and O–H groups in total. The zero-order valence-electron chi connectivity index (χ0n) is 18.5. The second kappa shape index (κ2) is 9.24. The Morgan fingerprint density at radius 2 is 1.65 bits per heavy atom. The molecule has 0 saturated heterocycles. The van der Waals surface area contributed by atoms with Crippen LogP contribution in [0.4, 0.5) is 5.69 Å². The summed E-state index contributed by atoms with van der Waals surface area (Å²) in [6.45, 7) is 3.43. The van der Waals surface area contributed by atoms with Gasteiger partial charge in [-0.25, -0.2) is 13.1 Å². The zero-order valence-corrected chi connectivity index (χ0v) is 19.3. The first kappa shape index (κ1) is 23.4. The smallest absolute Gasteiger partial charge is 0.262 e. The van der Waals surface area contributed by atoms with E-state index in [1.807, 2.05) is 0 Å². The fourth-order valence-corrected chi connectivity index (χ4v) is 4.84. The van der Waals surface area contributed by atoms with E-state index in [9.17, 15) is 22.8 Å². The number of hydrogen-bond donors (Lipinski definition) is 2. The minimum atomic E-state index is -3.88. The van der Waals surface area contributed by atoms with Gasteiger partial charge in [0, 0.05) is 5.69 Å². The highest BCUT2D eigenvalue weighted by atomic mass is 32.2. The molecule has 1 aromatic heterocycles. The van der Waals surface area contributed by atoms with Gasteiger partial charge in [-0.2, -0.15) is 0 Å². The quantitative estimate of drug-likeness (QED) is 0.477. The number of benzene rings is 2. The molecular formula is C24H23N3O6S. The van der Waals surface area contributed by atoms with Crippen LogP contribution < -0.4 is 10.0 Å². The lowest BCUT2D eigenvalue weighted by molar-refractivity contribution is -0.121. The van der Waals surface area contributed by atoms with Gasteiger partial charge in [0.15, 0.2) is 0 Å². The molecule has 0 aliphatic carbocycles. The molecule has 0 bridgehead atoms. The summed E-state index contributed by atoms with van der Waals surface area (Å²) in [7, 11) is -3.88. The van der Waals surface area contributed by atoms with Crippen LogP contribution >= 0.6 is 0 Å². The number of carbonyl (C=O) groups excluding carboxylic acids is 3. The molecular weight excluding hydrogens is 458 g/mol. The van der Waals surface area contributed by atoms with Gasteiger partial charge in [0.1, 0.15) is 11.8 Å². The standard InChI is InChI=1S/C24H23N3O6S/c1-15(2)21(27-23(29)19-10-3-4-11-20(19)24(27)30)22(28)26-16-7-5-9-18(13-16)34(31,32)25-14-17-8-6-12-33-17/h3-13,15,21,25H,14H2,1-2H3,(H,26,28). The maximum Gasteiger partial charge on any atom is 0.262 e. The van der Waals surface area contributed by atoms with E-state index < -0.39 is 33.8 Å². The summed E-state index contributed by atoms with van der Waals surface area (Å²) < 4.78 is 32.9. The van der Waals surface area contributed by atoms with Crippen LogP contribution in [-0.2, 0) is 21.4 Å². The molecule has 0 spiro atoms. The molecule has 3 aromatic rings. The second-order valence-corrected chi connectivity index (χ2v) is 9.90. The predicted octanol–water partition coefficient (Wildman–Crippen LogP) is 3.02. The number of nitrogens with one attached hydrogen (secondary N) is 2. The Labute approximate surface area is 196 Å². The van der Waals surface area contributed by atoms with Crippen molar-refractivity contribution in [1.29, 1.82) is 0 Å². The molecule has 1 aliphatic rings. The lowest BCUT2D eigenvalue weighted by Gasteiger charge is -2.28. The first-order chi connectivity index (χ1) is 16.2. The third-order valence-electron chi connectivity index (χ3n) is 5.43. The summed E-state index contributed by atoms with van der Waals surface area (Å²) in [5.74, 6) is -1.60. The Hall–Kier alpha value is -3.76. The third kappa shape index (κ3) is 4.50. The number of nitrogens with zero attached hydrogens (tertiary/aromatic N) is 1. The first-order valence-corrected chi connectivity index (χ1v) is 12.1. The highest BCUT2D eigenvalue weighted by Crippen LogP contribution is 2.28. The highest BCUT2D eigenvalue weighted by Gasteiger charge is 2.43. The van der Waals surface area contributed by atoms with E-state index in [1.54, 1.807) is 50.2 Å². The summed E-state index contributed by atoms with van der Waals surface area (Å²) in [5.41, 5.74) is 0.719. The summed E-state index contributed by atoms with van der Waals surface area (Å²) in [5, 5.41) is 2.65. The number of hydrogen-bond acceptors (Lipinski definition) is 6. The van der Waals surface area contributed by atoms with E-state index in [0.29, 0.717) is 5.76 Å². The number of fused-ring (bicyclic) bond motifs is 1. The molecule has 4 rings (SSSR count). The Kier molecular flexibility index (Phi) is 6.36. The molecule has 9 nitrogen and oxygen atoms in total. The Bertz CT molecular complexity index is 1310. The topological polar surface area (TPSA) is 126 Å². The van der Waals surface area contributed by atoms with Gasteiger partial charge in [-0.05, 0) is 48.4 Å². The molecule has 0 fully saturated rings. The van der Waals surface area contributed by atoms with Crippen molar-refractivity contribution in [2.24, 2.45) is 5.92 Å². The molecule has 176 valence electrons. The van der Waals surface area contributed by atoms with E-state index in [0.717, 1.165) is 4.90 Å². The van der Waals surface area contributed by atoms with Gasteiger partial charge < -0.3 is 9.73 Å². The summed E-state index contributed by atoms with van der Waals surface area (Å²) >= 11 is 0. The monoisotopic (exact) mass is 481 g/mol. The van der Waals surface area contributed by atoms with Crippen molar-refractivity contribution >= 4 is 33.4 Å². The Morgan fingerprint density at radius 1 is 0.971 bits per heavy atom. The number of amides is 3. The highest BCUT2D eigenvalue weighted by molar-refractivity contribution is 7.89. The van der Waals surface area contributed by atoms with Crippen molar-refractivity contribution in [2.75, 3.05) is 5.32 Å². The van der Waals surface area contributed by atoms with Crippen LogP contribution in [0, 0.1) is 5.92 Å². The van der Waals surface area contributed by atoms with Crippen LogP contribution in [0.5, 0.6) is 0 Å². The van der Waals surface area contributed by atoms with Crippen molar-refractivity contribution in [2.45, 2.75) is 31.3 Å². The molecule has 0 radical (unpaired) electrons. The molecule has 2 aromatic carbocycles. The largest absolute Gasteiger partial charge is 0.468 e. The number of sulfonamides is 1. The lowest BCUT2D eigenvalue weighted by Crippen LogP contribution is -2.50. The summed E-state index contributed by atoms with van der Waals surface area (Å²) in [6, 6.07) is 14.4. The Morgan fingerprint density at radius 3 is 2.24 bits per heavy atom. The van der Waals surface area contributed by atoms with Gasteiger partial charge in [0.25, 0.3) is 11.8 Å². The fourth-order valence-electron chi connectivity index (χ4n) is 3.80. The molecule has 10 heteroatoms. The zero-order chi connectivity index (χ0) is 24.5. The van der Waals surface area contributed by atoms with Crippen molar-refractivity contribution in [3.63, 3.8) is 0 Å². The number of carbonyl (C=O) groups is 3. The van der Waals surface area contributed by atoms with Gasteiger partial charge in [-0.1, -0.05) is 32.0 Å². The maximum absolute atomic E-state index is 13.2. The molecule has 1 unspecified atom stereocenters. The van der Waals surface area contributed by atoms with Crippen LogP contribution in [0.2, 0.25) is 0 Å². The van der Waals surface area contributed by atoms with Crippen molar-refractivity contribution in [3.8, 4) is 0 Å². The fraction of sp³-hybridized carbons (Fsp3) is 0.208. The molecule has 34 heavy (non-hydrogen) atoms. The van der Waals surface area contributed by atoms with Gasteiger partial charge in [-0.3, -0.25) is 19.3 Å². The maximum atomic E-state index is 13.2.